The van der Waals surface area contributed by atoms with Crippen molar-refractivity contribution in [3.8, 4) is 0 Å². The van der Waals surface area contributed by atoms with Gasteiger partial charge in [0.2, 0.25) is 0 Å². The lowest BCUT2D eigenvalue weighted by Gasteiger charge is -2.60. The van der Waals surface area contributed by atoms with Crippen LogP contribution in [0.4, 0.5) is 0 Å². The van der Waals surface area contributed by atoms with Crippen LogP contribution in [0.3, 0.4) is 0 Å². The highest BCUT2D eigenvalue weighted by atomic mass is 16.6. The maximum Gasteiger partial charge on any atom is 0.311 e. The van der Waals surface area contributed by atoms with Crippen molar-refractivity contribution in [3.05, 3.63) is 23.8 Å². The van der Waals surface area contributed by atoms with Gasteiger partial charge in [-0.15, -0.1) is 6.58 Å². The highest BCUT2D eigenvalue weighted by molar-refractivity contribution is 5.77. The first kappa shape index (κ1) is 24.5. The fraction of sp³-hybridized carbons (Fsp3) is 0.720. The Morgan fingerprint density at radius 2 is 1.72 bits per heavy atom. The largest absolute Gasteiger partial charge is 0.469 e. The van der Waals surface area contributed by atoms with Crippen molar-refractivity contribution in [3.63, 3.8) is 0 Å². The summed E-state index contributed by atoms with van der Waals surface area (Å²) in [5.74, 6) is -1.45. The van der Waals surface area contributed by atoms with Gasteiger partial charge in [-0.25, -0.2) is 0 Å². The number of carbonyl (C=O) groups excluding carboxylic acids is 3. The summed E-state index contributed by atoms with van der Waals surface area (Å²) >= 11 is 0. The molecule has 0 spiro atoms. The first-order valence-corrected chi connectivity index (χ1v) is 11.3. The monoisotopic (exact) mass is 448 g/mol. The molecule has 7 heteroatoms. The van der Waals surface area contributed by atoms with Crippen molar-refractivity contribution in [2.45, 2.75) is 85.0 Å². The highest BCUT2D eigenvalue weighted by Gasteiger charge is 2.64. The second-order valence-corrected chi connectivity index (χ2v) is 10.3. The highest BCUT2D eigenvalue weighted by Crippen LogP contribution is 2.64. The molecule has 7 nitrogen and oxygen atoms in total. The van der Waals surface area contributed by atoms with E-state index in [0.717, 1.165) is 5.57 Å². The molecule has 0 bridgehead atoms. The van der Waals surface area contributed by atoms with E-state index in [2.05, 4.69) is 6.58 Å². The number of esters is 3. The maximum atomic E-state index is 12.9. The molecule has 0 aromatic carbocycles. The van der Waals surface area contributed by atoms with Gasteiger partial charge in [-0.1, -0.05) is 25.5 Å². The van der Waals surface area contributed by atoms with E-state index in [4.69, 9.17) is 14.2 Å². The zero-order valence-electron chi connectivity index (χ0n) is 20.0. The average molecular weight is 449 g/mol. The number of hydrogen-bond acceptors (Lipinski definition) is 7. The van der Waals surface area contributed by atoms with Crippen molar-refractivity contribution in [2.75, 3.05) is 7.11 Å². The van der Waals surface area contributed by atoms with Crippen molar-refractivity contribution >= 4 is 17.9 Å². The van der Waals surface area contributed by atoms with E-state index in [0.29, 0.717) is 31.3 Å². The van der Waals surface area contributed by atoms with Crippen LogP contribution < -0.4 is 0 Å². The van der Waals surface area contributed by atoms with Crippen molar-refractivity contribution in [1.29, 1.82) is 0 Å². The third-order valence-corrected chi connectivity index (χ3v) is 8.41. The lowest BCUT2D eigenvalue weighted by molar-refractivity contribution is -0.184. The Balaban J connectivity index is 2.25. The Morgan fingerprint density at radius 1 is 1.09 bits per heavy atom. The topological polar surface area (TPSA) is 99.1 Å². The van der Waals surface area contributed by atoms with Gasteiger partial charge in [-0.2, -0.15) is 0 Å². The van der Waals surface area contributed by atoms with E-state index in [-0.39, 0.29) is 24.3 Å². The van der Waals surface area contributed by atoms with Gasteiger partial charge in [0.25, 0.3) is 0 Å². The van der Waals surface area contributed by atoms with Crippen molar-refractivity contribution in [2.24, 2.45) is 22.2 Å². The van der Waals surface area contributed by atoms with E-state index in [9.17, 15) is 19.5 Å². The molecule has 7 atom stereocenters. The summed E-state index contributed by atoms with van der Waals surface area (Å²) in [6.07, 6.45) is 2.32. The number of aliphatic hydroxyl groups excluding tert-OH is 1. The van der Waals surface area contributed by atoms with Crippen molar-refractivity contribution in [1.82, 2.24) is 0 Å². The second-order valence-electron chi connectivity index (χ2n) is 10.3. The molecule has 178 valence electrons. The van der Waals surface area contributed by atoms with Crippen LogP contribution in [-0.2, 0) is 28.6 Å². The molecule has 3 rings (SSSR count). The molecule has 3 aliphatic rings. The fourth-order valence-electron chi connectivity index (χ4n) is 6.62. The zero-order valence-corrected chi connectivity index (χ0v) is 20.0. The van der Waals surface area contributed by atoms with Crippen LogP contribution in [-0.4, -0.2) is 48.4 Å². The van der Waals surface area contributed by atoms with Crippen LogP contribution in [0.15, 0.2) is 23.8 Å². The van der Waals surface area contributed by atoms with Gasteiger partial charge < -0.3 is 19.3 Å². The van der Waals surface area contributed by atoms with E-state index in [1.54, 1.807) is 6.08 Å². The molecule has 1 fully saturated rings. The molecule has 1 unspecified atom stereocenters. The van der Waals surface area contributed by atoms with E-state index >= 15 is 0 Å². The summed E-state index contributed by atoms with van der Waals surface area (Å²) in [7, 11) is 1.37. The van der Waals surface area contributed by atoms with Gasteiger partial charge in [-0.05, 0) is 50.5 Å². The molecule has 0 aromatic rings. The molecular weight excluding hydrogens is 412 g/mol. The normalized spacial score (nSPS) is 41.1. The number of methoxy groups -OCH3 is 1. The van der Waals surface area contributed by atoms with Crippen LogP contribution in [0.5, 0.6) is 0 Å². The van der Waals surface area contributed by atoms with Gasteiger partial charge >= 0.3 is 17.9 Å². The SMILES string of the molecule is C=C[C@@]1(C)CCC2=C([C@H](O)CC3[C@](C)(C(=O)OC)CC[C@H](OC(C)=O)[C@]23C)[C@H]1OC(C)=O. The quantitative estimate of drug-likeness (QED) is 0.399. The van der Waals surface area contributed by atoms with Crippen LogP contribution in [0, 0.1) is 22.2 Å². The Morgan fingerprint density at radius 3 is 2.25 bits per heavy atom. The Hall–Kier alpha value is -2.15. The van der Waals surface area contributed by atoms with Gasteiger partial charge in [0, 0.05) is 24.7 Å². The average Bonchev–Trinajstić information content (AvgIpc) is 2.72. The lowest BCUT2D eigenvalue weighted by Crippen LogP contribution is -2.61. The molecule has 0 aromatic heterocycles. The lowest BCUT2D eigenvalue weighted by atomic mass is 9.45. The number of fused-ring (bicyclic) bond motifs is 2. The van der Waals surface area contributed by atoms with Gasteiger partial charge in [0.15, 0.2) is 0 Å². The Labute approximate surface area is 190 Å². The van der Waals surface area contributed by atoms with E-state index in [1.165, 1.54) is 21.0 Å². The predicted molar refractivity (Wildman–Crippen MR) is 117 cm³/mol. The Bertz CT molecular complexity index is 860. The number of hydrogen-bond donors (Lipinski definition) is 1. The summed E-state index contributed by atoms with van der Waals surface area (Å²) in [4.78, 5) is 36.9. The predicted octanol–water partition coefficient (Wildman–Crippen LogP) is 3.49. The molecule has 0 saturated heterocycles. The maximum absolute atomic E-state index is 12.9. The summed E-state index contributed by atoms with van der Waals surface area (Å²) in [5.41, 5.74) is -0.490. The summed E-state index contributed by atoms with van der Waals surface area (Å²) in [5, 5.41) is 11.4. The number of ether oxygens (including phenoxy) is 3. The van der Waals surface area contributed by atoms with Crippen molar-refractivity contribution < 1.29 is 33.7 Å². The number of carbonyl (C=O) groups is 3. The minimum absolute atomic E-state index is 0.281. The molecular formula is C25H36O7. The van der Waals surface area contributed by atoms with Crippen LogP contribution >= 0.6 is 0 Å². The minimum atomic E-state index is -0.896. The Kier molecular flexibility index (Phi) is 6.37. The van der Waals surface area contributed by atoms with Gasteiger partial charge in [0.1, 0.15) is 12.2 Å². The third-order valence-electron chi connectivity index (χ3n) is 8.41. The molecule has 0 aliphatic heterocycles. The van der Waals surface area contributed by atoms with E-state index < -0.39 is 40.5 Å². The standard InChI is InChI=1S/C25H36O7/c1-8-23(4)11-9-16-20(21(23)32-15(3)27)17(28)13-18-24(5,22(29)30-7)12-10-19(25(16,18)6)31-14(2)26/h8,17-19,21,28H,1,9-13H2,2-7H3/t17-,18?,19+,21-,23+,24-,25-/m1/s1. The fourth-order valence-corrected chi connectivity index (χ4v) is 6.62. The molecule has 0 radical (unpaired) electrons. The molecule has 0 amide bonds. The molecule has 1 saturated carbocycles. The molecule has 1 N–H and O–H groups in total. The number of rotatable bonds is 4. The zero-order chi connectivity index (χ0) is 24.1. The first-order valence-electron chi connectivity index (χ1n) is 11.3. The third kappa shape index (κ3) is 3.58. The molecule has 32 heavy (non-hydrogen) atoms. The van der Waals surface area contributed by atoms with E-state index in [1.807, 2.05) is 20.8 Å². The molecule has 3 aliphatic carbocycles. The van der Waals surface area contributed by atoms with Crippen LogP contribution in [0.25, 0.3) is 0 Å². The number of aliphatic hydroxyl groups is 1. The first-order chi connectivity index (χ1) is 14.8. The summed E-state index contributed by atoms with van der Waals surface area (Å²) < 4.78 is 16.8. The molecule has 0 heterocycles. The second kappa shape index (κ2) is 8.32. The van der Waals surface area contributed by atoms with Crippen LogP contribution in [0.2, 0.25) is 0 Å². The van der Waals surface area contributed by atoms with Gasteiger partial charge in [-0.3, -0.25) is 14.4 Å². The summed E-state index contributed by atoms with van der Waals surface area (Å²) in [6.45, 7) is 12.6. The van der Waals surface area contributed by atoms with Gasteiger partial charge in [0.05, 0.1) is 18.6 Å². The summed E-state index contributed by atoms with van der Waals surface area (Å²) in [6, 6.07) is 0. The smallest absolute Gasteiger partial charge is 0.311 e. The minimum Gasteiger partial charge on any atom is -0.469 e. The van der Waals surface area contributed by atoms with Crippen LogP contribution in [0.1, 0.15) is 66.7 Å².